The maximum absolute atomic E-state index is 10.9. The SMILES string of the molecule is CN(c1cc2nc(N=C(N)N)[nH]c2cc1Cl)S(=O)[O-]. The minimum Gasteiger partial charge on any atom is -0.755 e. The molecule has 1 aromatic carbocycles. The zero-order valence-corrected chi connectivity index (χ0v) is 11.3. The normalized spacial score (nSPS) is 12.4. The lowest BCUT2D eigenvalue weighted by molar-refractivity contribution is 0.535. The summed E-state index contributed by atoms with van der Waals surface area (Å²) in [5.41, 5.74) is 11.9. The number of aromatic nitrogens is 2. The van der Waals surface area contributed by atoms with E-state index in [1.807, 2.05) is 0 Å². The van der Waals surface area contributed by atoms with E-state index in [-0.39, 0.29) is 16.9 Å². The van der Waals surface area contributed by atoms with Crippen molar-refractivity contribution >= 4 is 51.5 Å². The van der Waals surface area contributed by atoms with Crippen molar-refractivity contribution in [3.8, 4) is 0 Å². The molecule has 0 spiro atoms. The fraction of sp³-hybridized carbons (Fsp3) is 0.111. The van der Waals surface area contributed by atoms with Crippen molar-refractivity contribution in [1.82, 2.24) is 9.97 Å². The molecular weight excluding hydrogens is 292 g/mol. The molecule has 19 heavy (non-hydrogen) atoms. The van der Waals surface area contributed by atoms with E-state index in [2.05, 4.69) is 15.0 Å². The van der Waals surface area contributed by atoms with Gasteiger partial charge in [0.05, 0.1) is 21.7 Å². The van der Waals surface area contributed by atoms with Crippen LogP contribution in [-0.4, -0.2) is 31.7 Å². The van der Waals surface area contributed by atoms with Crippen molar-refractivity contribution < 1.29 is 8.76 Å². The fourth-order valence-electron chi connectivity index (χ4n) is 1.50. The lowest BCUT2D eigenvalue weighted by Crippen LogP contribution is -2.22. The first-order chi connectivity index (χ1) is 8.88. The molecule has 0 saturated heterocycles. The summed E-state index contributed by atoms with van der Waals surface area (Å²) >= 11 is 3.59. The van der Waals surface area contributed by atoms with Crippen molar-refractivity contribution in [3.05, 3.63) is 17.2 Å². The average molecular weight is 302 g/mol. The number of halogens is 1. The predicted molar refractivity (Wildman–Crippen MR) is 73.9 cm³/mol. The Balaban J connectivity index is 2.56. The van der Waals surface area contributed by atoms with E-state index >= 15 is 0 Å². The van der Waals surface area contributed by atoms with E-state index in [0.29, 0.717) is 16.7 Å². The number of nitrogens with two attached hydrogens (primary N) is 2. The van der Waals surface area contributed by atoms with Gasteiger partial charge in [0.15, 0.2) is 5.96 Å². The van der Waals surface area contributed by atoms with Gasteiger partial charge in [-0.1, -0.05) is 11.6 Å². The fourth-order valence-corrected chi connectivity index (χ4v) is 2.15. The first-order valence-corrected chi connectivity index (χ1v) is 6.41. The highest BCUT2D eigenvalue weighted by molar-refractivity contribution is 7.80. The molecule has 2 aromatic rings. The number of anilines is 1. The molecule has 1 aromatic heterocycles. The average Bonchev–Trinajstić information content (AvgIpc) is 2.66. The number of benzene rings is 1. The Morgan fingerprint density at radius 1 is 1.58 bits per heavy atom. The minimum absolute atomic E-state index is 0.136. The van der Waals surface area contributed by atoms with E-state index < -0.39 is 11.3 Å². The van der Waals surface area contributed by atoms with E-state index in [1.54, 1.807) is 6.07 Å². The standard InChI is InChI=1S/C9H11ClN6O2S/c1-16(19(17)18)7-3-6-5(2-4(7)10)13-9(14-6)15-8(11)12/h2-3H,1H3,(H,17,18)(H5,11,12,13,14,15)/p-1. The molecular formula is C9H10ClN6O2S-. The Morgan fingerprint density at radius 3 is 2.84 bits per heavy atom. The Morgan fingerprint density at radius 2 is 2.26 bits per heavy atom. The smallest absolute Gasteiger partial charge is 0.231 e. The number of guanidine groups is 1. The number of nitrogens with one attached hydrogen (secondary N) is 1. The van der Waals surface area contributed by atoms with Crippen LogP contribution in [0.4, 0.5) is 11.6 Å². The van der Waals surface area contributed by atoms with E-state index in [4.69, 9.17) is 23.1 Å². The van der Waals surface area contributed by atoms with Crippen LogP contribution in [0.3, 0.4) is 0 Å². The molecule has 1 unspecified atom stereocenters. The number of nitrogens with zero attached hydrogens (tertiary/aromatic N) is 3. The Kier molecular flexibility index (Phi) is 3.60. The second-order valence-corrected chi connectivity index (χ2v) is 5.02. The number of rotatable bonds is 3. The molecule has 0 saturated carbocycles. The molecule has 0 bridgehead atoms. The van der Waals surface area contributed by atoms with Gasteiger partial charge in [0.1, 0.15) is 0 Å². The molecule has 2 rings (SSSR count). The molecule has 5 N–H and O–H groups in total. The number of fused-ring (bicyclic) bond motifs is 1. The highest BCUT2D eigenvalue weighted by atomic mass is 35.5. The summed E-state index contributed by atoms with van der Waals surface area (Å²) in [5.74, 6) is 0.0808. The molecule has 8 nitrogen and oxygen atoms in total. The van der Waals surface area contributed by atoms with Gasteiger partial charge in [0.2, 0.25) is 5.95 Å². The number of hydrogen-bond donors (Lipinski definition) is 3. The number of aromatic amines is 1. The van der Waals surface area contributed by atoms with Crippen LogP contribution in [0, 0.1) is 0 Å². The minimum atomic E-state index is -2.42. The summed E-state index contributed by atoms with van der Waals surface area (Å²) < 4.78 is 22.8. The van der Waals surface area contributed by atoms with Gasteiger partial charge in [-0.15, -0.1) is 0 Å². The first-order valence-electron chi connectivity index (χ1n) is 5.00. The predicted octanol–water partition coefficient (Wildman–Crippen LogP) is 0.352. The van der Waals surface area contributed by atoms with Gasteiger partial charge in [-0.05, 0) is 12.1 Å². The van der Waals surface area contributed by atoms with Crippen LogP contribution >= 0.6 is 11.6 Å². The van der Waals surface area contributed by atoms with Gasteiger partial charge in [-0.2, -0.15) is 4.99 Å². The second kappa shape index (κ2) is 5.03. The third kappa shape index (κ3) is 2.78. The van der Waals surface area contributed by atoms with Gasteiger partial charge in [-0.25, -0.2) is 4.98 Å². The van der Waals surface area contributed by atoms with Crippen molar-refractivity contribution in [2.45, 2.75) is 0 Å². The molecule has 0 amide bonds. The number of imidazole rings is 1. The summed E-state index contributed by atoms with van der Waals surface area (Å²) in [6, 6.07) is 3.07. The molecule has 0 aliphatic carbocycles. The summed E-state index contributed by atoms with van der Waals surface area (Å²) in [4.78, 5) is 10.7. The maximum Gasteiger partial charge on any atom is 0.231 e. The zero-order valence-electron chi connectivity index (χ0n) is 9.75. The molecule has 1 heterocycles. The molecule has 1 atom stereocenters. The quantitative estimate of drug-likeness (QED) is 0.427. The van der Waals surface area contributed by atoms with Gasteiger partial charge in [0.25, 0.3) is 0 Å². The van der Waals surface area contributed by atoms with Crippen LogP contribution in [-0.2, 0) is 11.3 Å². The second-order valence-electron chi connectivity index (χ2n) is 3.63. The topological polar surface area (TPSA) is 136 Å². The third-order valence-corrected chi connectivity index (χ3v) is 3.28. The molecule has 0 aliphatic rings. The van der Waals surface area contributed by atoms with Crippen LogP contribution < -0.4 is 15.8 Å². The Labute approximate surface area is 115 Å². The van der Waals surface area contributed by atoms with Crippen molar-refractivity contribution in [2.24, 2.45) is 16.5 Å². The first kappa shape index (κ1) is 13.6. The number of aliphatic imine (C=N–C) groups is 1. The molecule has 0 fully saturated rings. The lowest BCUT2D eigenvalue weighted by Gasteiger charge is -2.22. The Hall–Kier alpha value is -1.84. The van der Waals surface area contributed by atoms with Crippen LogP contribution in [0.1, 0.15) is 0 Å². The molecule has 0 aliphatic heterocycles. The Bertz CT molecular complexity index is 681. The summed E-state index contributed by atoms with van der Waals surface area (Å²) in [6.45, 7) is 0. The van der Waals surface area contributed by atoms with Crippen LogP contribution in [0.15, 0.2) is 17.1 Å². The van der Waals surface area contributed by atoms with Gasteiger partial charge in [-0.3, -0.25) is 4.21 Å². The van der Waals surface area contributed by atoms with Gasteiger partial charge < -0.3 is 25.3 Å². The summed E-state index contributed by atoms with van der Waals surface area (Å²) in [5, 5.41) is 0.263. The summed E-state index contributed by atoms with van der Waals surface area (Å²) in [6.07, 6.45) is 0. The van der Waals surface area contributed by atoms with Crippen molar-refractivity contribution in [1.29, 1.82) is 0 Å². The van der Waals surface area contributed by atoms with Gasteiger partial charge >= 0.3 is 0 Å². The van der Waals surface area contributed by atoms with Crippen LogP contribution in [0.25, 0.3) is 11.0 Å². The highest BCUT2D eigenvalue weighted by Gasteiger charge is 2.11. The van der Waals surface area contributed by atoms with Gasteiger partial charge in [0, 0.05) is 18.3 Å². The largest absolute Gasteiger partial charge is 0.755 e. The number of H-pyrrole nitrogens is 1. The number of hydrogen-bond acceptors (Lipinski definition) is 4. The molecule has 10 heteroatoms. The molecule has 102 valence electrons. The van der Waals surface area contributed by atoms with E-state index in [0.717, 1.165) is 4.31 Å². The third-order valence-electron chi connectivity index (χ3n) is 2.34. The van der Waals surface area contributed by atoms with E-state index in [9.17, 15) is 8.76 Å². The zero-order chi connectivity index (χ0) is 14.2. The lowest BCUT2D eigenvalue weighted by atomic mass is 10.3. The highest BCUT2D eigenvalue weighted by Crippen LogP contribution is 2.31. The maximum atomic E-state index is 10.9. The van der Waals surface area contributed by atoms with Crippen molar-refractivity contribution in [3.63, 3.8) is 0 Å². The van der Waals surface area contributed by atoms with Crippen LogP contribution in [0.5, 0.6) is 0 Å². The van der Waals surface area contributed by atoms with Crippen molar-refractivity contribution in [2.75, 3.05) is 11.4 Å². The van der Waals surface area contributed by atoms with Crippen LogP contribution in [0.2, 0.25) is 5.02 Å². The van der Waals surface area contributed by atoms with E-state index in [1.165, 1.54) is 13.1 Å². The molecule has 0 radical (unpaired) electrons. The monoisotopic (exact) mass is 301 g/mol. The summed E-state index contributed by atoms with van der Waals surface area (Å²) in [7, 11) is 1.37.